The summed E-state index contributed by atoms with van der Waals surface area (Å²) in [6.45, 7) is 4.23. The van der Waals surface area contributed by atoms with Gasteiger partial charge >= 0.3 is 12.0 Å². The first kappa shape index (κ1) is 16.2. The van der Waals surface area contributed by atoms with Crippen molar-refractivity contribution in [2.45, 2.75) is 12.8 Å². The minimum absolute atomic E-state index is 0.123. The van der Waals surface area contributed by atoms with Crippen LogP contribution in [0.4, 0.5) is 10.5 Å². The summed E-state index contributed by atoms with van der Waals surface area (Å²) in [6, 6.07) is 4.20. The summed E-state index contributed by atoms with van der Waals surface area (Å²) >= 11 is 3.28. The van der Waals surface area contributed by atoms with Crippen LogP contribution in [0.2, 0.25) is 0 Å². The number of hydrogen-bond donors (Lipinski definition) is 2. The summed E-state index contributed by atoms with van der Waals surface area (Å²) in [6.07, 6.45) is 3.48. The number of rotatable bonds is 6. The van der Waals surface area contributed by atoms with Crippen molar-refractivity contribution >= 4 is 33.6 Å². The van der Waals surface area contributed by atoms with Gasteiger partial charge in [-0.25, -0.2) is 9.59 Å². The van der Waals surface area contributed by atoms with Crippen molar-refractivity contribution in [3.05, 3.63) is 40.9 Å². The third kappa shape index (κ3) is 4.70. The number of nitrogens with zero attached hydrogens (tertiary/aromatic N) is 1. The van der Waals surface area contributed by atoms with Crippen molar-refractivity contribution in [1.29, 1.82) is 0 Å². The van der Waals surface area contributed by atoms with Crippen molar-refractivity contribution in [1.82, 2.24) is 4.90 Å². The smallest absolute Gasteiger partial charge is 0.335 e. The average molecular weight is 341 g/mol. The Morgan fingerprint density at radius 3 is 2.80 bits per heavy atom. The Balaban J connectivity index is 2.71. The molecule has 0 aromatic heterocycles. The molecule has 0 aliphatic carbocycles. The van der Waals surface area contributed by atoms with Gasteiger partial charge in [0.1, 0.15) is 0 Å². The van der Waals surface area contributed by atoms with E-state index in [1.807, 2.05) is 0 Å². The number of unbranched alkanes of at least 4 members (excludes halogenated alkanes) is 1. The van der Waals surface area contributed by atoms with Crippen LogP contribution in [-0.4, -0.2) is 35.6 Å². The molecule has 0 bridgehead atoms. The van der Waals surface area contributed by atoms with E-state index in [1.165, 1.54) is 12.1 Å². The standard InChI is InChI=1S/C14H17BrN2O3/c1-3-4-5-8-17(2)14(20)16-12-9-10(13(18)19)6-7-11(12)15/h3,6-7,9H,1,4-5,8H2,2H3,(H,16,20)(H,18,19). The van der Waals surface area contributed by atoms with Gasteiger partial charge in [-0.15, -0.1) is 6.58 Å². The Bertz CT molecular complexity index is 517. The first-order chi connectivity index (χ1) is 9.45. The zero-order chi connectivity index (χ0) is 15.1. The highest BCUT2D eigenvalue weighted by atomic mass is 79.9. The first-order valence-electron chi connectivity index (χ1n) is 6.11. The van der Waals surface area contributed by atoms with Crippen molar-refractivity contribution in [3.8, 4) is 0 Å². The Morgan fingerprint density at radius 1 is 1.50 bits per heavy atom. The van der Waals surface area contributed by atoms with Gasteiger partial charge in [-0.2, -0.15) is 0 Å². The fraction of sp³-hybridized carbons (Fsp3) is 0.286. The third-order valence-electron chi connectivity index (χ3n) is 2.70. The number of carboxylic acid groups (broad SMARTS) is 1. The highest BCUT2D eigenvalue weighted by molar-refractivity contribution is 9.10. The minimum Gasteiger partial charge on any atom is -0.478 e. The number of carboxylic acids is 1. The maximum atomic E-state index is 12.0. The Labute approximate surface area is 126 Å². The molecule has 0 saturated heterocycles. The molecule has 2 N–H and O–H groups in total. The fourth-order valence-electron chi connectivity index (χ4n) is 1.54. The van der Waals surface area contributed by atoms with E-state index >= 15 is 0 Å². The molecule has 6 heteroatoms. The number of hydrogen-bond acceptors (Lipinski definition) is 2. The van der Waals surface area contributed by atoms with E-state index in [2.05, 4.69) is 27.8 Å². The maximum Gasteiger partial charge on any atom is 0.335 e. The molecule has 0 unspecified atom stereocenters. The van der Waals surface area contributed by atoms with Crippen LogP contribution in [0.1, 0.15) is 23.2 Å². The molecular formula is C14H17BrN2O3. The molecule has 1 rings (SSSR count). The lowest BCUT2D eigenvalue weighted by Crippen LogP contribution is -2.32. The van der Waals surface area contributed by atoms with Gasteiger partial charge in [0.15, 0.2) is 0 Å². The summed E-state index contributed by atoms with van der Waals surface area (Å²) in [5.74, 6) is -1.03. The van der Waals surface area contributed by atoms with Crippen molar-refractivity contribution in [3.63, 3.8) is 0 Å². The normalized spacial score (nSPS) is 9.90. The van der Waals surface area contributed by atoms with E-state index in [9.17, 15) is 9.59 Å². The van der Waals surface area contributed by atoms with E-state index in [0.29, 0.717) is 16.7 Å². The molecule has 1 aromatic rings. The number of amides is 2. The van der Waals surface area contributed by atoms with Crippen molar-refractivity contribution in [2.24, 2.45) is 0 Å². The van der Waals surface area contributed by atoms with Crippen LogP contribution < -0.4 is 5.32 Å². The van der Waals surface area contributed by atoms with Gasteiger partial charge in [-0.05, 0) is 47.0 Å². The molecule has 0 aliphatic heterocycles. The van der Waals surface area contributed by atoms with Crippen molar-refractivity contribution < 1.29 is 14.7 Å². The van der Waals surface area contributed by atoms with E-state index in [4.69, 9.17) is 5.11 Å². The highest BCUT2D eigenvalue weighted by Crippen LogP contribution is 2.24. The Kier molecular flexibility index (Phi) is 6.24. The number of halogens is 1. The monoisotopic (exact) mass is 340 g/mol. The summed E-state index contributed by atoms with van der Waals surface area (Å²) in [5, 5.41) is 11.6. The largest absolute Gasteiger partial charge is 0.478 e. The average Bonchev–Trinajstić information content (AvgIpc) is 2.41. The molecule has 5 nitrogen and oxygen atoms in total. The molecule has 2 amide bonds. The molecule has 0 aliphatic rings. The number of carbonyl (C=O) groups excluding carboxylic acids is 1. The lowest BCUT2D eigenvalue weighted by Gasteiger charge is -2.18. The zero-order valence-corrected chi connectivity index (χ0v) is 12.8. The Morgan fingerprint density at radius 2 is 2.20 bits per heavy atom. The summed E-state index contributed by atoms with van der Waals surface area (Å²) in [5.41, 5.74) is 0.559. The second kappa shape index (κ2) is 7.69. The van der Waals surface area contributed by atoms with Crippen LogP contribution in [0.25, 0.3) is 0 Å². The third-order valence-corrected chi connectivity index (χ3v) is 3.39. The molecule has 108 valence electrons. The Hall–Kier alpha value is -1.82. The van der Waals surface area contributed by atoms with Gasteiger partial charge in [0, 0.05) is 18.1 Å². The molecular weight excluding hydrogens is 324 g/mol. The predicted molar refractivity (Wildman–Crippen MR) is 82.2 cm³/mol. The highest BCUT2D eigenvalue weighted by Gasteiger charge is 2.12. The van der Waals surface area contributed by atoms with Crippen LogP contribution in [0.3, 0.4) is 0 Å². The van der Waals surface area contributed by atoms with Crippen LogP contribution in [0, 0.1) is 0 Å². The summed E-state index contributed by atoms with van der Waals surface area (Å²) < 4.78 is 0.635. The lowest BCUT2D eigenvalue weighted by molar-refractivity contribution is 0.0697. The van der Waals surface area contributed by atoms with E-state index in [1.54, 1.807) is 24.1 Å². The summed E-state index contributed by atoms with van der Waals surface area (Å²) in [4.78, 5) is 24.4. The first-order valence-corrected chi connectivity index (χ1v) is 6.91. The van der Waals surface area contributed by atoms with Gasteiger partial charge in [0.2, 0.25) is 0 Å². The molecule has 0 fully saturated rings. The maximum absolute atomic E-state index is 12.0. The molecule has 0 spiro atoms. The molecule has 0 saturated carbocycles. The molecule has 1 aromatic carbocycles. The molecule has 20 heavy (non-hydrogen) atoms. The van der Waals surface area contributed by atoms with Gasteiger partial charge in [0.25, 0.3) is 0 Å². The van der Waals surface area contributed by atoms with Gasteiger partial charge in [-0.3, -0.25) is 0 Å². The molecule has 0 atom stereocenters. The number of carbonyl (C=O) groups is 2. The van der Waals surface area contributed by atoms with Crippen LogP contribution in [0.5, 0.6) is 0 Å². The second-order valence-corrected chi connectivity index (χ2v) is 5.14. The van der Waals surface area contributed by atoms with Gasteiger partial charge in [-0.1, -0.05) is 6.08 Å². The van der Waals surface area contributed by atoms with E-state index in [0.717, 1.165) is 12.8 Å². The summed E-state index contributed by atoms with van der Waals surface area (Å²) in [7, 11) is 1.69. The van der Waals surface area contributed by atoms with E-state index < -0.39 is 5.97 Å². The number of urea groups is 1. The lowest BCUT2D eigenvalue weighted by atomic mass is 10.2. The number of nitrogens with one attached hydrogen (secondary N) is 1. The molecule has 0 heterocycles. The van der Waals surface area contributed by atoms with Crippen LogP contribution in [-0.2, 0) is 0 Å². The van der Waals surface area contributed by atoms with Crippen LogP contribution in [0.15, 0.2) is 35.3 Å². The SMILES string of the molecule is C=CCCCN(C)C(=O)Nc1cc(C(=O)O)ccc1Br. The fourth-order valence-corrected chi connectivity index (χ4v) is 1.88. The van der Waals surface area contributed by atoms with E-state index in [-0.39, 0.29) is 11.6 Å². The number of aromatic carboxylic acids is 1. The quantitative estimate of drug-likeness (QED) is 0.614. The minimum atomic E-state index is -1.03. The molecule has 0 radical (unpaired) electrons. The number of allylic oxidation sites excluding steroid dienone is 1. The topological polar surface area (TPSA) is 69.6 Å². The zero-order valence-electron chi connectivity index (χ0n) is 11.2. The van der Waals surface area contributed by atoms with Gasteiger partial charge < -0.3 is 15.3 Å². The predicted octanol–water partition coefficient (Wildman–Crippen LogP) is 3.58. The van der Waals surface area contributed by atoms with Crippen molar-refractivity contribution in [2.75, 3.05) is 18.9 Å². The van der Waals surface area contributed by atoms with Crippen LogP contribution >= 0.6 is 15.9 Å². The number of benzene rings is 1. The number of anilines is 1. The van der Waals surface area contributed by atoms with Gasteiger partial charge in [0.05, 0.1) is 11.3 Å². The second-order valence-electron chi connectivity index (χ2n) is 4.28.